The number of rotatable bonds is 2. The van der Waals surface area contributed by atoms with Crippen LogP contribution in [0.15, 0.2) is 28.7 Å². The van der Waals surface area contributed by atoms with Crippen LogP contribution in [0.2, 0.25) is 0 Å². The molecule has 0 aromatic heterocycles. The summed E-state index contributed by atoms with van der Waals surface area (Å²) in [5.74, 6) is 0.778. The van der Waals surface area contributed by atoms with Crippen molar-refractivity contribution in [2.75, 3.05) is 5.75 Å². The number of hydrogen-bond acceptors (Lipinski definition) is 1. The highest BCUT2D eigenvalue weighted by molar-refractivity contribution is 9.10. The lowest BCUT2D eigenvalue weighted by molar-refractivity contribution is 1.44. The first-order chi connectivity index (χ1) is 5.74. The molecule has 0 atom stereocenters. The van der Waals surface area contributed by atoms with Crippen molar-refractivity contribution in [1.29, 1.82) is 0 Å². The molecule has 0 aliphatic heterocycles. The van der Waals surface area contributed by atoms with Crippen LogP contribution in [-0.2, 0) is 0 Å². The molecule has 0 N–H and O–H groups in total. The van der Waals surface area contributed by atoms with Crippen LogP contribution >= 0.6 is 28.6 Å². The zero-order valence-corrected chi connectivity index (χ0v) is 9.40. The summed E-state index contributed by atoms with van der Waals surface area (Å²) in [4.78, 5) is 0. The van der Waals surface area contributed by atoms with E-state index in [1.807, 2.05) is 6.08 Å². The highest BCUT2D eigenvalue weighted by atomic mass is 79.9. The van der Waals surface area contributed by atoms with E-state index in [0.29, 0.717) is 0 Å². The largest absolute Gasteiger partial charge is 0.175 e. The van der Waals surface area contributed by atoms with Crippen molar-refractivity contribution >= 4 is 34.6 Å². The van der Waals surface area contributed by atoms with Gasteiger partial charge < -0.3 is 0 Å². The molecule has 1 aromatic carbocycles. The minimum Gasteiger partial charge on any atom is -0.175 e. The van der Waals surface area contributed by atoms with Gasteiger partial charge in [-0.15, -0.1) is 0 Å². The summed E-state index contributed by atoms with van der Waals surface area (Å²) in [6.07, 6.45) is 4.10. The van der Waals surface area contributed by atoms with E-state index in [4.69, 9.17) is 0 Å². The molecule has 0 radical (unpaired) electrons. The van der Waals surface area contributed by atoms with Crippen molar-refractivity contribution in [1.82, 2.24) is 0 Å². The zero-order chi connectivity index (χ0) is 8.97. The van der Waals surface area contributed by atoms with E-state index < -0.39 is 0 Å². The summed E-state index contributed by atoms with van der Waals surface area (Å²) in [7, 11) is 0. The molecule has 2 heteroatoms. The SMILES string of the molecule is Cc1ccc(Br)c(C=CCS)c1. The van der Waals surface area contributed by atoms with Crippen LogP contribution in [0.5, 0.6) is 0 Å². The number of hydrogen-bond donors (Lipinski definition) is 1. The van der Waals surface area contributed by atoms with Gasteiger partial charge in [-0.2, -0.15) is 12.6 Å². The molecule has 0 bridgehead atoms. The second-order valence-corrected chi connectivity index (χ2v) is 3.83. The molecule has 0 saturated heterocycles. The minimum absolute atomic E-state index is 0.778. The fourth-order valence-corrected chi connectivity index (χ4v) is 1.45. The monoisotopic (exact) mass is 242 g/mol. The summed E-state index contributed by atoms with van der Waals surface area (Å²) in [6, 6.07) is 6.29. The molecule has 1 rings (SSSR count). The molecule has 0 heterocycles. The fourth-order valence-electron chi connectivity index (χ4n) is 0.971. The Bertz CT molecular complexity index is 292. The molecular formula is C10H11BrS. The van der Waals surface area contributed by atoms with E-state index in [1.165, 1.54) is 11.1 Å². The normalized spacial score (nSPS) is 10.9. The average Bonchev–Trinajstić information content (AvgIpc) is 2.07. The molecule has 0 nitrogen and oxygen atoms in total. The summed E-state index contributed by atoms with van der Waals surface area (Å²) in [5.41, 5.74) is 2.49. The van der Waals surface area contributed by atoms with Crippen molar-refractivity contribution in [2.24, 2.45) is 0 Å². The van der Waals surface area contributed by atoms with Crippen molar-refractivity contribution in [3.8, 4) is 0 Å². The minimum atomic E-state index is 0.778. The van der Waals surface area contributed by atoms with Crippen LogP contribution < -0.4 is 0 Å². The van der Waals surface area contributed by atoms with Crippen LogP contribution in [0, 0.1) is 6.92 Å². The molecule has 0 aliphatic rings. The van der Waals surface area contributed by atoms with Gasteiger partial charge in [-0.3, -0.25) is 0 Å². The first-order valence-electron chi connectivity index (χ1n) is 3.77. The Morgan fingerprint density at radius 2 is 2.25 bits per heavy atom. The van der Waals surface area contributed by atoms with E-state index in [-0.39, 0.29) is 0 Å². The number of thiol groups is 1. The van der Waals surface area contributed by atoms with Gasteiger partial charge in [0.1, 0.15) is 0 Å². The smallest absolute Gasteiger partial charge is 0.0247 e. The molecule has 64 valence electrons. The van der Waals surface area contributed by atoms with Crippen molar-refractivity contribution in [2.45, 2.75) is 6.92 Å². The van der Waals surface area contributed by atoms with E-state index in [0.717, 1.165) is 10.2 Å². The van der Waals surface area contributed by atoms with Crippen molar-refractivity contribution in [3.63, 3.8) is 0 Å². The molecular weight excluding hydrogens is 232 g/mol. The molecule has 0 unspecified atom stereocenters. The summed E-state index contributed by atoms with van der Waals surface area (Å²) < 4.78 is 1.13. The molecule has 0 amide bonds. The van der Waals surface area contributed by atoms with Gasteiger partial charge in [0.15, 0.2) is 0 Å². The second kappa shape index (κ2) is 4.73. The van der Waals surface area contributed by atoms with Gasteiger partial charge in [0, 0.05) is 10.2 Å². The maximum atomic E-state index is 4.11. The Kier molecular flexibility index (Phi) is 3.89. The van der Waals surface area contributed by atoms with Gasteiger partial charge in [-0.25, -0.2) is 0 Å². The van der Waals surface area contributed by atoms with E-state index in [2.05, 4.69) is 59.8 Å². The van der Waals surface area contributed by atoms with Gasteiger partial charge in [-0.1, -0.05) is 45.8 Å². The molecule has 12 heavy (non-hydrogen) atoms. The van der Waals surface area contributed by atoms with Gasteiger partial charge in [-0.05, 0) is 18.6 Å². The Morgan fingerprint density at radius 3 is 2.92 bits per heavy atom. The van der Waals surface area contributed by atoms with E-state index in [1.54, 1.807) is 0 Å². The summed E-state index contributed by atoms with van der Waals surface area (Å²) >= 11 is 7.59. The van der Waals surface area contributed by atoms with Crippen molar-refractivity contribution in [3.05, 3.63) is 39.9 Å². The summed E-state index contributed by atoms with van der Waals surface area (Å²) in [5, 5.41) is 0. The highest BCUT2D eigenvalue weighted by Gasteiger charge is 1.94. The van der Waals surface area contributed by atoms with Crippen LogP contribution in [0.25, 0.3) is 6.08 Å². The number of halogens is 1. The van der Waals surface area contributed by atoms with Crippen LogP contribution in [0.4, 0.5) is 0 Å². The molecule has 0 aliphatic carbocycles. The Morgan fingerprint density at radius 1 is 1.50 bits per heavy atom. The van der Waals surface area contributed by atoms with E-state index >= 15 is 0 Å². The van der Waals surface area contributed by atoms with Crippen LogP contribution in [-0.4, -0.2) is 5.75 Å². The lowest BCUT2D eigenvalue weighted by Gasteiger charge is -1.99. The quantitative estimate of drug-likeness (QED) is 0.752. The molecule has 0 fully saturated rings. The second-order valence-electron chi connectivity index (χ2n) is 2.61. The topological polar surface area (TPSA) is 0 Å². The predicted octanol–water partition coefficient (Wildman–Crippen LogP) is 3.70. The lowest BCUT2D eigenvalue weighted by atomic mass is 10.1. The Labute approximate surface area is 87.2 Å². The molecule has 0 spiro atoms. The summed E-state index contributed by atoms with van der Waals surface area (Å²) in [6.45, 7) is 2.09. The van der Waals surface area contributed by atoms with Gasteiger partial charge in [0.25, 0.3) is 0 Å². The maximum Gasteiger partial charge on any atom is 0.0247 e. The Hall–Kier alpha value is -0.210. The highest BCUT2D eigenvalue weighted by Crippen LogP contribution is 2.19. The molecule has 0 saturated carbocycles. The number of aryl methyl sites for hydroxylation is 1. The maximum absolute atomic E-state index is 4.11. The van der Waals surface area contributed by atoms with Gasteiger partial charge in [0.05, 0.1) is 0 Å². The third-order valence-corrected chi connectivity index (χ3v) is 2.49. The third kappa shape index (κ3) is 2.68. The van der Waals surface area contributed by atoms with Crippen molar-refractivity contribution < 1.29 is 0 Å². The third-order valence-electron chi connectivity index (χ3n) is 1.55. The van der Waals surface area contributed by atoms with Gasteiger partial charge >= 0.3 is 0 Å². The first-order valence-corrected chi connectivity index (χ1v) is 5.20. The zero-order valence-electron chi connectivity index (χ0n) is 6.92. The number of benzene rings is 1. The average molecular weight is 243 g/mol. The predicted molar refractivity (Wildman–Crippen MR) is 61.8 cm³/mol. The van der Waals surface area contributed by atoms with Gasteiger partial charge in [0.2, 0.25) is 0 Å². The first kappa shape index (κ1) is 9.87. The Balaban J connectivity index is 2.97. The van der Waals surface area contributed by atoms with Crippen LogP contribution in [0.1, 0.15) is 11.1 Å². The lowest BCUT2D eigenvalue weighted by Crippen LogP contribution is -1.78. The van der Waals surface area contributed by atoms with E-state index in [9.17, 15) is 0 Å². The fraction of sp³-hybridized carbons (Fsp3) is 0.200. The van der Waals surface area contributed by atoms with Crippen LogP contribution in [0.3, 0.4) is 0 Å². The standard InChI is InChI=1S/C10H11BrS/c1-8-4-5-10(11)9(7-8)3-2-6-12/h2-5,7,12H,6H2,1H3. The molecule has 1 aromatic rings.